The van der Waals surface area contributed by atoms with Crippen LogP contribution in [0.25, 0.3) is 139 Å². The summed E-state index contributed by atoms with van der Waals surface area (Å²) in [6.07, 6.45) is 1.88. The standard InChI is InChI=1S/C75H47N11/c1-7-23-46(24-8-1)63-64-60(45-76-71(78-64)47-25-9-2-10-26-47)77-74(79-63)85-61-37-21-19-35-52(61)54-39-41-58-56-43-44-57-59-42-40-55-53-36-20-22-38-62(53)86(75-81-72(48-27-11-3-12-28-48)80-73(82-75)49-29-13-4-14-30-49)70(55)68(59)84(51-33-17-6-18-34-51)66(57)65(56)83(67(58)69(54)85)50-31-15-5-16-32-50/h1-45,63H,(H,77,79). The average Bonchev–Trinajstić information content (AvgIpc) is 1.72. The third-order valence-electron chi connectivity index (χ3n) is 17.1. The fraction of sp³-hybridized carbons (Fsp3) is 0.0133. The van der Waals surface area contributed by atoms with E-state index in [0.29, 0.717) is 35.1 Å². The van der Waals surface area contributed by atoms with Crippen LogP contribution in [0.3, 0.4) is 0 Å². The van der Waals surface area contributed by atoms with Crippen molar-refractivity contribution in [3.05, 3.63) is 284 Å². The van der Waals surface area contributed by atoms with Gasteiger partial charge in [0.05, 0.1) is 62.1 Å². The lowest BCUT2D eigenvalue weighted by molar-refractivity contribution is 0.703. The summed E-state index contributed by atoms with van der Waals surface area (Å²) in [5.74, 6) is 3.04. The molecule has 1 unspecified atom stereocenters. The zero-order chi connectivity index (χ0) is 56.4. The Morgan fingerprint density at radius 2 is 0.674 bits per heavy atom. The van der Waals surface area contributed by atoms with Crippen molar-refractivity contribution >= 4 is 98.9 Å². The van der Waals surface area contributed by atoms with Gasteiger partial charge in [0.1, 0.15) is 5.69 Å². The number of hydrogen-bond donors (Lipinski definition) is 1. The summed E-state index contributed by atoms with van der Waals surface area (Å²) in [5, 5.41) is 12.8. The molecule has 17 aromatic rings. The van der Waals surface area contributed by atoms with E-state index in [2.05, 4.69) is 224 Å². The van der Waals surface area contributed by atoms with E-state index < -0.39 is 0 Å². The molecule has 1 aliphatic rings. The quantitative estimate of drug-likeness (QED) is 0.170. The lowest BCUT2D eigenvalue weighted by Crippen LogP contribution is -2.37. The van der Waals surface area contributed by atoms with Crippen molar-refractivity contribution in [3.63, 3.8) is 0 Å². The number of hydrogen-bond acceptors (Lipinski definition) is 7. The molecule has 11 aromatic carbocycles. The van der Waals surface area contributed by atoms with Gasteiger partial charge in [0.2, 0.25) is 11.9 Å². The summed E-state index contributed by atoms with van der Waals surface area (Å²) >= 11 is 0. The van der Waals surface area contributed by atoms with E-state index >= 15 is 0 Å². The molecule has 402 valence electrons. The third-order valence-corrected chi connectivity index (χ3v) is 17.1. The van der Waals surface area contributed by atoms with Crippen LogP contribution in [-0.2, 0) is 0 Å². The predicted molar refractivity (Wildman–Crippen MR) is 348 cm³/mol. The maximum atomic E-state index is 5.53. The number of benzene rings is 11. The third kappa shape index (κ3) is 7.15. The highest BCUT2D eigenvalue weighted by atomic mass is 15.3. The van der Waals surface area contributed by atoms with Gasteiger partial charge in [-0.05, 0) is 42.0 Å². The molecule has 0 saturated heterocycles. The van der Waals surface area contributed by atoms with Crippen molar-refractivity contribution in [2.75, 3.05) is 0 Å². The van der Waals surface area contributed by atoms with Gasteiger partial charge >= 0.3 is 0 Å². The molecule has 0 amide bonds. The summed E-state index contributed by atoms with van der Waals surface area (Å²) in [7, 11) is 0. The van der Waals surface area contributed by atoms with Crippen LogP contribution in [0.5, 0.6) is 0 Å². The number of nitrogens with zero attached hydrogens (tertiary/aromatic N) is 10. The number of aromatic nitrogens is 9. The Bertz CT molecular complexity index is 5540. The van der Waals surface area contributed by atoms with Gasteiger partial charge in [-0.3, -0.25) is 9.13 Å². The first-order chi connectivity index (χ1) is 42.7. The van der Waals surface area contributed by atoms with Crippen molar-refractivity contribution < 1.29 is 0 Å². The highest BCUT2D eigenvalue weighted by Crippen LogP contribution is 2.48. The second-order valence-corrected chi connectivity index (χ2v) is 21.9. The van der Waals surface area contributed by atoms with E-state index in [1.165, 1.54) is 0 Å². The van der Waals surface area contributed by atoms with Crippen LogP contribution in [0.2, 0.25) is 0 Å². The molecule has 0 saturated carbocycles. The molecule has 1 atom stereocenters. The topological polar surface area (TPSA) is 109 Å². The fourth-order valence-corrected chi connectivity index (χ4v) is 13.4. The average molecular weight is 1100 g/mol. The Balaban J connectivity index is 0.983. The summed E-state index contributed by atoms with van der Waals surface area (Å²) in [5.41, 5.74) is 15.6. The Kier molecular flexibility index (Phi) is 10.5. The highest BCUT2D eigenvalue weighted by Gasteiger charge is 2.32. The molecule has 0 aliphatic carbocycles. The van der Waals surface area contributed by atoms with Crippen molar-refractivity contribution in [1.82, 2.24) is 48.5 Å². The van der Waals surface area contributed by atoms with Crippen molar-refractivity contribution in [1.29, 1.82) is 0 Å². The maximum absolute atomic E-state index is 5.53. The van der Waals surface area contributed by atoms with Gasteiger partial charge in [-0.1, -0.05) is 231 Å². The Morgan fingerprint density at radius 3 is 1.15 bits per heavy atom. The zero-order valence-electron chi connectivity index (χ0n) is 46.0. The molecule has 1 N–H and O–H groups in total. The highest BCUT2D eigenvalue weighted by molar-refractivity contribution is 6.32. The lowest BCUT2D eigenvalue weighted by Gasteiger charge is -2.28. The number of para-hydroxylation sites is 4. The molecule has 11 nitrogen and oxygen atoms in total. The van der Waals surface area contributed by atoms with Gasteiger partial charge in [0.15, 0.2) is 17.5 Å². The minimum Gasteiger partial charge on any atom is -0.343 e. The van der Waals surface area contributed by atoms with Crippen molar-refractivity contribution in [2.45, 2.75) is 6.04 Å². The van der Waals surface area contributed by atoms with Crippen LogP contribution in [-0.4, -0.2) is 49.1 Å². The predicted octanol–water partition coefficient (Wildman–Crippen LogP) is 17.3. The van der Waals surface area contributed by atoms with Crippen molar-refractivity contribution in [2.24, 2.45) is 4.99 Å². The lowest BCUT2D eigenvalue weighted by atomic mass is 10.0. The van der Waals surface area contributed by atoms with Gasteiger partial charge in [-0.25, -0.2) is 19.9 Å². The zero-order valence-corrected chi connectivity index (χ0v) is 46.0. The van der Waals surface area contributed by atoms with Crippen LogP contribution < -0.4 is 5.32 Å². The molecule has 7 heterocycles. The van der Waals surface area contributed by atoms with Crippen LogP contribution in [0.15, 0.2) is 278 Å². The second-order valence-electron chi connectivity index (χ2n) is 21.9. The van der Waals surface area contributed by atoms with Gasteiger partial charge in [-0.15, -0.1) is 0 Å². The number of aliphatic imine (C=N–C) groups is 1. The van der Waals surface area contributed by atoms with Crippen LogP contribution >= 0.6 is 0 Å². The second kappa shape index (κ2) is 18.9. The number of nitrogens with one attached hydrogen (secondary N) is 1. The van der Waals surface area contributed by atoms with Crippen LogP contribution in [0, 0.1) is 0 Å². The Labute approximate surface area is 491 Å². The summed E-state index contributed by atoms with van der Waals surface area (Å²) in [6, 6.07) is 93.5. The van der Waals surface area contributed by atoms with Gasteiger partial charge < -0.3 is 14.5 Å². The largest absolute Gasteiger partial charge is 0.343 e. The molecule has 0 radical (unpaired) electrons. The van der Waals surface area contributed by atoms with Gasteiger partial charge in [-0.2, -0.15) is 9.97 Å². The first-order valence-electron chi connectivity index (χ1n) is 28.9. The van der Waals surface area contributed by atoms with Crippen molar-refractivity contribution in [3.8, 4) is 51.5 Å². The molecule has 86 heavy (non-hydrogen) atoms. The van der Waals surface area contributed by atoms with Crippen LogP contribution in [0.1, 0.15) is 17.3 Å². The minimum absolute atomic E-state index is 0.347. The van der Waals surface area contributed by atoms with Crippen LogP contribution in [0.4, 0.5) is 5.69 Å². The maximum Gasteiger partial charge on any atom is 0.238 e. The normalized spacial score (nSPS) is 13.4. The van der Waals surface area contributed by atoms with E-state index in [1.807, 2.05) is 72.9 Å². The molecule has 6 aromatic heterocycles. The molecular weight excluding hydrogens is 1050 g/mol. The summed E-state index contributed by atoms with van der Waals surface area (Å²) < 4.78 is 9.60. The SMILES string of the molecule is c1ccc(-c2nc(-c3ccccc3)nc(-n3c4ccccc4c4ccc5c6ccc7c8ccc9c%10ccccc%10n(C%10=Nc%11cnc(-c%12ccccc%12)nc%11C(c%11ccccc%11)N%10)c9c8n(-c8ccccc8)c7c6n(-c6ccccc6)c5c43)n2)cc1. The summed E-state index contributed by atoms with van der Waals surface area (Å²) in [6.45, 7) is 0. The Hall–Kier alpha value is -11.8. The fourth-order valence-electron chi connectivity index (χ4n) is 13.4. The first-order valence-corrected chi connectivity index (χ1v) is 28.9. The van der Waals surface area contributed by atoms with E-state index in [0.717, 1.165) is 127 Å². The van der Waals surface area contributed by atoms with Gasteiger partial charge in [0.25, 0.3) is 0 Å². The van der Waals surface area contributed by atoms with Gasteiger partial charge in [0, 0.05) is 71.2 Å². The Morgan fingerprint density at radius 1 is 0.302 bits per heavy atom. The van der Waals surface area contributed by atoms with E-state index in [4.69, 9.17) is 29.9 Å². The first kappa shape index (κ1) is 47.8. The molecule has 1 aliphatic heterocycles. The monoisotopic (exact) mass is 1100 g/mol. The van der Waals surface area contributed by atoms with E-state index in [-0.39, 0.29) is 6.04 Å². The molecule has 18 rings (SSSR count). The number of fused-ring (bicyclic) bond motifs is 16. The number of rotatable bonds is 7. The van der Waals surface area contributed by atoms with E-state index in [9.17, 15) is 0 Å². The minimum atomic E-state index is -0.347. The molecule has 0 fully saturated rings. The molecule has 11 heteroatoms. The smallest absolute Gasteiger partial charge is 0.238 e. The molecule has 0 bridgehead atoms. The molecular formula is C75H47N11. The summed E-state index contributed by atoms with van der Waals surface area (Å²) in [4.78, 5) is 31.7. The molecule has 0 spiro atoms. The van der Waals surface area contributed by atoms with E-state index in [1.54, 1.807) is 0 Å².